The molecule has 2 rings (SSSR count). The molecule has 2 nitrogen and oxygen atoms in total. The minimum atomic E-state index is 0.632. The van der Waals surface area contributed by atoms with Gasteiger partial charge in [0.2, 0.25) is 0 Å². The molecular weight excluding hydrogens is 220 g/mol. The summed E-state index contributed by atoms with van der Waals surface area (Å²) in [5, 5.41) is 3.80. The zero-order valence-corrected chi connectivity index (χ0v) is 12.2. The van der Waals surface area contributed by atoms with E-state index in [1.165, 1.54) is 70.9 Å². The first-order valence-corrected chi connectivity index (χ1v) is 8.20. The Kier molecular flexibility index (Phi) is 5.50. The molecular formula is C16H32N2. The van der Waals surface area contributed by atoms with Gasteiger partial charge in [0.25, 0.3) is 0 Å². The van der Waals surface area contributed by atoms with Crippen LogP contribution in [0.25, 0.3) is 0 Å². The van der Waals surface area contributed by atoms with Gasteiger partial charge in [0.05, 0.1) is 0 Å². The van der Waals surface area contributed by atoms with Crippen molar-refractivity contribution < 1.29 is 0 Å². The summed E-state index contributed by atoms with van der Waals surface area (Å²) in [5.74, 6) is 1.63. The summed E-state index contributed by atoms with van der Waals surface area (Å²) in [4.78, 5) is 0. The van der Waals surface area contributed by atoms with Crippen LogP contribution in [0.2, 0.25) is 0 Å². The Hall–Kier alpha value is -0.0800. The second-order valence-corrected chi connectivity index (χ2v) is 6.73. The standard InChI is InChI=1S/C16H32N2/c1-2-16(9-5-6-10-16)13-18-12-15-8-4-3-7-14(15)11-17/h14-15,18H,2-13,17H2,1H3. The average Bonchev–Trinajstić information content (AvgIpc) is 2.89. The molecule has 0 bridgehead atoms. The van der Waals surface area contributed by atoms with E-state index in [-0.39, 0.29) is 0 Å². The molecule has 0 saturated heterocycles. The lowest BCUT2D eigenvalue weighted by atomic mass is 9.78. The lowest BCUT2D eigenvalue weighted by molar-refractivity contribution is 0.212. The van der Waals surface area contributed by atoms with E-state index < -0.39 is 0 Å². The van der Waals surface area contributed by atoms with Crippen molar-refractivity contribution in [3.8, 4) is 0 Å². The molecule has 0 aromatic rings. The molecule has 106 valence electrons. The zero-order valence-electron chi connectivity index (χ0n) is 12.2. The minimum Gasteiger partial charge on any atom is -0.330 e. The van der Waals surface area contributed by atoms with Crippen LogP contribution in [0, 0.1) is 17.3 Å². The second-order valence-electron chi connectivity index (χ2n) is 6.73. The number of hydrogen-bond donors (Lipinski definition) is 2. The summed E-state index contributed by atoms with van der Waals surface area (Å²) in [6.07, 6.45) is 12.7. The average molecular weight is 252 g/mol. The fraction of sp³-hybridized carbons (Fsp3) is 1.00. The number of nitrogens with two attached hydrogens (primary N) is 1. The number of nitrogens with one attached hydrogen (secondary N) is 1. The van der Waals surface area contributed by atoms with E-state index in [0.29, 0.717) is 5.41 Å². The highest BCUT2D eigenvalue weighted by Crippen LogP contribution is 2.40. The topological polar surface area (TPSA) is 38.0 Å². The Balaban J connectivity index is 1.73. The van der Waals surface area contributed by atoms with Gasteiger partial charge in [0.1, 0.15) is 0 Å². The predicted molar refractivity (Wildman–Crippen MR) is 78.6 cm³/mol. The van der Waals surface area contributed by atoms with Crippen molar-refractivity contribution >= 4 is 0 Å². The molecule has 0 aliphatic heterocycles. The third kappa shape index (κ3) is 3.48. The Labute approximate surface area is 113 Å². The molecule has 2 atom stereocenters. The van der Waals surface area contributed by atoms with Gasteiger partial charge in [-0.2, -0.15) is 0 Å². The Morgan fingerprint density at radius 3 is 2.33 bits per heavy atom. The maximum absolute atomic E-state index is 5.91. The highest BCUT2D eigenvalue weighted by molar-refractivity contribution is 4.86. The van der Waals surface area contributed by atoms with Gasteiger partial charge >= 0.3 is 0 Å². The van der Waals surface area contributed by atoms with Crippen LogP contribution in [0.1, 0.15) is 64.7 Å². The quantitative estimate of drug-likeness (QED) is 0.761. The van der Waals surface area contributed by atoms with E-state index in [0.717, 1.165) is 18.4 Å². The molecule has 2 heteroatoms. The Bertz CT molecular complexity index is 233. The summed E-state index contributed by atoms with van der Waals surface area (Å²) >= 11 is 0. The highest BCUT2D eigenvalue weighted by Gasteiger charge is 2.32. The molecule has 0 heterocycles. The van der Waals surface area contributed by atoms with Crippen LogP contribution in [0.4, 0.5) is 0 Å². The normalized spacial score (nSPS) is 31.7. The van der Waals surface area contributed by atoms with Crippen molar-refractivity contribution in [2.24, 2.45) is 23.0 Å². The summed E-state index contributed by atoms with van der Waals surface area (Å²) in [5.41, 5.74) is 6.54. The van der Waals surface area contributed by atoms with Gasteiger partial charge in [-0.15, -0.1) is 0 Å². The van der Waals surface area contributed by atoms with E-state index in [4.69, 9.17) is 5.73 Å². The molecule has 0 aromatic carbocycles. The highest BCUT2D eigenvalue weighted by atomic mass is 14.9. The molecule has 0 amide bonds. The lowest BCUT2D eigenvalue weighted by Crippen LogP contribution is -2.38. The van der Waals surface area contributed by atoms with Crippen LogP contribution in [0.3, 0.4) is 0 Å². The van der Waals surface area contributed by atoms with E-state index in [1.807, 2.05) is 0 Å². The monoisotopic (exact) mass is 252 g/mol. The summed E-state index contributed by atoms with van der Waals surface area (Å²) < 4.78 is 0. The summed E-state index contributed by atoms with van der Waals surface area (Å²) in [6.45, 7) is 5.72. The van der Waals surface area contributed by atoms with Crippen molar-refractivity contribution in [1.82, 2.24) is 5.32 Å². The number of rotatable bonds is 6. The molecule has 0 aromatic heterocycles. The van der Waals surface area contributed by atoms with Gasteiger partial charge in [-0.05, 0) is 62.4 Å². The summed E-state index contributed by atoms with van der Waals surface area (Å²) in [7, 11) is 0. The van der Waals surface area contributed by atoms with Gasteiger partial charge in [-0.1, -0.05) is 32.6 Å². The van der Waals surface area contributed by atoms with E-state index in [1.54, 1.807) is 0 Å². The fourth-order valence-corrected chi connectivity index (χ4v) is 4.17. The molecule has 0 spiro atoms. The fourth-order valence-electron chi connectivity index (χ4n) is 4.17. The molecule has 0 radical (unpaired) electrons. The van der Waals surface area contributed by atoms with E-state index in [2.05, 4.69) is 12.2 Å². The van der Waals surface area contributed by atoms with Crippen LogP contribution in [0.5, 0.6) is 0 Å². The van der Waals surface area contributed by atoms with Crippen molar-refractivity contribution in [3.63, 3.8) is 0 Å². The largest absolute Gasteiger partial charge is 0.330 e. The first kappa shape index (κ1) is 14.3. The smallest absolute Gasteiger partial charge is 0.000782 e. The Morgan fingerprint density at radius 1 is 1.06 bits per heavy atom. The van der Waals surface area contributed by atoms with Crippen molar-refractivity contribution in [1.29, 1.82) is 0 Å². The van der Waals surface area contributed by atoms with Gasteiger partial charge in [0.15, 0.2) is 0 Å². The van der Waals surface area contributed by atoms with E-state index >= 15 is 0 Å². The maximum Gasteiger partial charge on any atom is 0.000782 e. The lowest BCUT2D eigenvalue weighted by Gasteiger charge is -2.33. The maximum atomic E-state index is 5.91. The molecule has 18 heavy (non-hydrogen) atoms. The van der Waals surface area contributed by atoms with Gasteiger partial charge < -0.3 is 11.1 Å². The third-order valence-corrected chi connectivity index (χ3v) is 5.69. The van der Waals surface area contributed by atoms with Crippen LogP contribution in [-0.2, 0) is 0 Å². The minimum absolute atomic E-state index is 0.632. The van der Waals surface area contributed by atoms with Crippen molar-refractivity contribution in [3.05, 3.63) is 0 Å². The molecule has 2 saturated carbocycles. The first-order valence-electron chi connectivity index (χ1n) is 8.20. The van der Waals surface area contributed by atoms with Gasteiger partial charge in [0, 0.05) is 6.54 Å². The second kappa shape index (κ2) is 6.91. The van der Waals surface area contributed by atoms with Crippen LogP contribution >= 0.6 is 0 Å². The number of hydrogen-bond acceptors (Lipinski definition) is 2. The molecule has 2 aliphatic rings. The van der Waals surface area contributed by atoms with Crippen LogP contribution in [-0.4, -0.2) is 19.6 Å². The third-order valence-electron chi connectivity index (χ3n) is 5.69. The van der Waals surface area contributed by atoms with Crippen molar-refractivity contribution in [2.45, 2.75) is 64.7 Å². The predicted octanol–water partition coefficient (Wildman–Crippen LogP) is 3.31. The zero-order chi connectivity index (χ0) is 12.8. The van der Waals surface area contributed by atoms with Gasteiger partial charge in [-0.25, -0.2) is 0 Å². The molecule has 2 fully saturated rings. The summed E-state index contributed by atoms with van der Waals surface area (Å²) in [6, 6.07) is 0. The van der Waals surface area contributed by atoms with E-state index in [9.17, 15) is 0 Å². The molecule has 2 unspecified atom stereocenters. The van der Waals surface area contributed by atoms with Crippen LogP contribution in [0.15, 0.2) is 0 Å². The van der Waals surface area contributed by atoms with Crippen LogP contribution < -0.4 is 11.1 Å². The Morgan fingerprint density at radius 2 is 1.72 bits per heavy atom. The van der Waals surface area contributed by atoms with Crippen molar-refractivity contribution in [2.75, 3.05) is 19.6 Å². The molecule has 3 N–H and O–H groups in total. The van der Waals surface area contributed by atoms with Gasteiger partial charge in [-0.3, -0.25) is 0 Å². The SMILES string of the molecule is CCC1(CNCC2CCCCC2CN)CCCC1. The molecule has 2 aliphatic carbocycles. The first-order chi connectivity index (χ1) is 8.79.